The van der Waals surface area contributed by atoms with Gasteiger partial charge in [-0.3, -0.25) is 9.50 Å². The van der Waals surface area contributed by atoms with Crippen LogP contribution in [0.15, 0.2) is 18.5 Å². The number of nitrogens with one attached hydrogen (secondary N) is 3. The van der Waals surface area contributed by atoms with E-state index in [9.17, 15) is 10.1 Å². The molecule has 0 saturated heterocycles. The normalized spacial score (nSPS) is 25.1. The van der Waals surface area contributed by atoms with Crippen LogP contribution in [0.3, 0.4) is 0 Å². The van der Waals surface area contributed by atoms with E-state index in [0.29, 0.717) is 47.6 Å². The maximum absolute atomic E-state index is 15.1. The molecular formula is C23H25FN8O2. The molecule has 0 aliphatic heterocycles. The Morgan fingerprint density at radius 1 is 1.35 bits per heavy atom. The molecule has 3 fully saturated rings. The largest absolute Gasteiger partial charge is 0.443 e. The van der Waals surface area contributed by atoms with E-state index in [0.717, 1.165) is 31.2 Å². The highest BCUT2D eigenvalue weighted by Gasteiger charge is 2.43. The second-order valence-corrected chi connectivity index (χ2v) is 9.83. The fourth-order valence-corrected chi connectivity index (χ4v) is 4.63. The number of aromatic nitrogens is 5. The molecule has 3 saturated carbocycles. The van der Waals surface area contributed by atoms with Crippen molar-refractivity contribution in [3.63, 3.8) is 0 Å². The third-order valence-corrected chi connectivity index (χ3v) is 7.05. The van der Waals surface area contributed by atoms with Gasteiger partial charge in [-0.25, -0.2) is 19.2 Å². The van der Waals surface area contributed by atoms with Crippen molar-refractivity contribution in [2.45, 2.75) is 75.1 Å². The molecule has 176 valence electrons. The van der Waals surface area contributed by atoms with Crippen molar-refractivity contribution in [1.82, 2.24) is 29.9 Å². The Morgan fingerprint density at radius 3 is 2.91 bits per heavy atom. The van der Waals surface area contributed by atoms with Crippen molar-refractivity contribution in [2.24, 2.45) is 0 Å². The Labute approximate surface area is 194 Å². The van der Waals surface area contributed by atoms with Gasteiger partial charge < -0.3 is 15.4 Å². The molecule has 3 N–H and O–H groups in total. The molecule has 3 atom stereocenters. The maximum atomic E-state index is 15.1. The minimum Gasteiger partial charge on any atom is -0.443 e. The number of alkyl carbamates (subject to hydrolysis) is 1. The molecular weight excluding hydrogens is 439 g/mol. The third kappa shape index (κ3) is 3.83. The molecule has 3 heterocycles. The van der Waals surface area contributed by atoms with Gasteiger partial charge in [0.25, 0.3) is 0 Å². The summed E-state index contributed by atoms with van der Waals surface area (Å²) in [5.74, 6) is 0.941. The van der Waals surface area contributed by atoms with Crippen LogP contribution in [0.1, 0.15) is 74.2 Å². The molecule has 11 heteroatoms. The van der Waals surface area contributed by atoms with E-state index in [4.69, 9.17) is 4.74 Å². The summed E-state index contributed by atoms with van der Waals surface area (Å²) in [6.07, 6.45) is 5.81. The molecule has 0 radical (unpaired) electrons. The Balaban J connectivity index is 1.16. The summed E-state index contributed by atoms with van der Waals surface area (Å²) in [4.78, 5) is 21.0. The number of anilines is 2. The summed E-state index contributed by atoms with van der Waals surface area (Å²) >= 11 is 0. The number of halogens is 1. The molecule has 0 bridgehead atoms. The number of nitriles is 1. The van der Waals surface area contributed by atoms with E-state index >= 15 is 4.39 Å². The Bertz CT molecular complexity index is 1300. The highest BCUT2D eigenvalue weighted by Crippen LogP contribution is 2.42. The Kier molecular flexibility index (Phi) is 4.72. The van der Waals surface area contributed by atoms with Crippen molar-refractivity contribution in [3.8, 4) is 6.07 Å². The topological polar surface area (TPSA) is 133 Å². The first kappa shape index (κ1) is 20.9. The highest BCUT2D eigenvalue weighted by molar-refractivity contribution is 5.69. The van der Waals surface area contributed by atoms with E-state index in [-0.39, 0.29) is 5.54 Å². The SMILES string of the molecule is CC1(NC(=O)O[C@@H]2CC[C@H](c3cc(Nc4ncc(C5CC5)c5nc(C#N)cn45)n[nH]3)[C@H]2F)CC1. The van der Waals surface area contributed by atoms with E-state index in [1.807, 2.05) is 6.92 Å². The number of rotatable bonds is 6. The summed E-state index contributed by atoms with van der Waals surface area (Å²) in [5, 5.41) is 22.4. The molecule has 0 aromatic carbocycles. The van der Waals surface area contributed by atoms with Crippen LogP contribution in [0.4, 0.5) is 21.0 Å². The van der Waals surface area contributed by atoms with E-state index in [1.54, 1.807) is 22.9 Å². The molecule has 3 aliphatic rings. The van der Waals surface area contributed by atoms with E-state index in [2.05, 4.69) is 36.9 Å². The van der Waals surface area contributed by atoms with Crippen molar-refractivity contribution in [2.75, 3.05) is 5.32 Å². The number of nitrogens with zero attached hydrogens (tertiary/aromatic N) is 5. The zero-order valence-electron chi connectivity index (χ0n) is 18.7. The number of carbonyl (C=O) groups excluding carboxylic acids is 1. The molecule has 6 rings (SSSR count). The number of amides is 1. The number of hydrogen-bond acceptors (Lipinski definition) is 7. The average molecular weight is 465 g/mol. The Hall–Kier alpha value is -3.68. The molecule has 0 unspecified atom stereocenters. The van der Waals surface area contributed by atoms with Crippen LogP contribution in [0.5, 0.6) is 0 Å². The zero-order valence-corrected chi connectivity index (χ0v) is 18.7. The number of H-pyrrole nitrogens is 1. The Morgan fingerprint density at radius 2 is 2.18 bits per heavy atom. The number of carbonyl (C=O) groups is 1. The molecule has 1 amide bonds. The minimum atomic E-state index is -1.32. The first-order valence-electron chi connectivity index (χ1n) is 11.7. The minimum absolute atomic E-state index is 0.204. The number of alkyl halides is 1. The van der Waals surface area contributed by atoms with Gasteiger partial charge in [0.05, 0.1) is 6.20 Å². The van der Waals surface area contributed by atoms with Gasteiger partial charge >= 0.3 is 6.09 Å². The van der Waals surface area contributed by atoms with Crippen molar-refractivity contribution >= 4 is 23.5 Å². The van der Waals surface area contributed by atoms with Crippen LogP contribution in [-0.4, -0.2) is 48.5 Å². The first-order chi connectivity index (χ1) is 16.4. The van der Waals surface area contributed by atoms with Crippen LogP contribution >= 0.6 is 0 Å². The van der Waals surface area contributed by atoms with Crippen molar-refractivity contribution < 1.29 is 13.9 Å². The lowest BCUT2D eigenvalue weighted by Crippen LogP contribution is -2.38. The summed E-state index contributed by atoms with van der Waals surface area (Å²) in [6.45, 7) is 1.95. The van der Waals surface area contributed by atoms with Crippen LogP contribution < -0.4 is 10.6 Å². The van der Waals surface area contributed by atoms with Crippen LogP contribution in [-0.2, 0) is 4.74 Å². The number of fused-ring (bicyclic) bond motifs is 1. The number of ether oxygens (including phenoxy) is 1. The van der Waals surface area contributed by atoms with Gasteiger partial charge in [0, 0.05) is 35.0 Å². The van der Waals surface area contributed by atoms with Gasteiger partial charge in [0.15, 0.2) is 11.5 Å². The number of aromatic amines is 1. The summed E-state index contributed by atoms with van der Waals surface area (Å²) in [6, 6.07) is 3.83. The van der Waals surface area contributed by atoms with E-state index < -0.39 is 24.3 Å². The highest BCUT2D eigenvalue weighted by atomic mass is 19.1. The summed E-state index contributed by atoms with van der Waals surface area (Å²) in [5.41, 5.74) is 2.49. The van der Waals surface area contributed by atoms with Gasteiger partial charge in [-0.15, -0.1) is 0 Å². The van der Waals surface area contributed by atoms with Gasteiger partial charge in [0.2, 0.25) is 5.95 Å². The molecule has 3 aromatic rings. The van der Waals surface area contributed by atoms with Gasteiger partial charge in [-0.2, -0.15) is 10.4 Å². The first-order valence-corrected chi connectivity index (χ1v) is 11.7. The van der Waals surface area contributed by atoms with Crippen LogP contribution in [0.2, 0.25) is 0 Å². The summed E-state index contributed by atoms with van der Waals surface area (Å²) < 4.78 is 22.3. The van der Waals surface area contributed by atoms with Crippen molar-refractivity contribution in [3.05, 3.63) is 35.4 Å². The van der Waals surface area contributed by atoms with Gasteiger partial charge in [-0.05, 0) is 51.4 Å². The molecule has 3 aromatic heterocycles. The molecule has 10 nitrogen and oxygen atoms in total. The summed E-state index contributed by atoms with van der Waals surface area (Å²) in [7, 11) is 0. The lowest BCUT2D eigenvalue weighted by Gasteiger charge is -2.19. The quantitative estimate of drug-likeness (QED) is 0.505. The third-order valence-electron chi connectivity index (χ3n) is 7.05. The molecule has 3 aliphatic carbocycles. The second-order valence-electron chi connectivity index (χ2n) is 9.83. The predicted octanol–water partition coefficient (Wildman–Crippen LogP) is 3.81. The number of hydrogen-bond donors (Lipinski definition) is 3. The maximum Gasteiger partial charge on any atom is 0.407 e. The number of imidazole rings is 1. The molecule has 34 heavy (non-hydrogen) atoms. The van der Waals surface area contributed by atoms with Crippen molar-refractivity contribution in [1.29, 1.82) is 5.26 Å². The van der Waals surface area contributed by atoms with Gasteiger partial charge in [-0.1, -0.05) is 0 Å². The lowest BCUT2D eigenvalue weighted by molar-refractivity contribution is 0.0546. The average Bonchev–Trinajstić information content (AvgIpc) is 3.63. The second kappa shape index (κ2) is 7.68. The predicted molar refractivity (Wildman–Crippen MR) is 119 cm³/mol. The zero-order chi connectivity index (χ0) is 23.4. The smallest absolute Gasteiger partial charge is 0.407 e. The lowest BCUT2D eigenvalue weighted by atomic mass is 10.0. The standard InChI is InChI=1S/C23H25FN8O2/c1-23(6-7-23)29-22(33)34-17-5-4-14(19(17)24)16-8-18(31-30-16)28-21-26-10-15(12-2-3-12)20-27-13(9-25)11-32(20)21/h8,10-12,14,17,19H,2-7H2,1H3,(H,29,33)(H2,26,28,30,31)/t14-,17-,19-/m1/s1. The fourth-order valence-electron chi connectivity index (χ4n) is 4.63. The fraction of sp³-hybridized carbons (Fsp3) is 0.522. The van der Waals surface area contributed by atoms with Gasteiger partial charge in [0.1, 0.15) is 24.0 Å². The van der Waals surface area contributed by atoms with Crippen LogP contribution in [0.25, 0.3) is 5.65 Å². The van der Waals surface area contributed by atoms with E-state index in [1.165, 1.54) is 0 Å². The molecule has 0 spiro atoms. The monoisotopic (exact) mass is 464 g/mol. The van der Waals surface area contributed by atoms with Crippen LogP contribution in [0, 0.1) is 11.3 Å².